The second-order valence-corrected chi connectivity index (χ2v) is 18.8. The van der Waals surface area contributed by atoms with Gasteiger partial charge in [-0.05, 0) is 131 Å². The summed E-state index contributed by atoms with van der Waals surface area (Å²) in [5, 5.41) is 5.11. The number of ether oxygens (including phenoxy) is 5. The molecule has 0 fully saturated rings. The number of nitrogens with zero attached hydrogens (tertiary/aromatic N) is 3. The highest BCUT2D eigenvalue weighted by atomic mass is 16.5. The van der Waals surface area contributed by atoms with Crippen molar-refractivity contribution in [1.82, 2.24) is 9.97 Å². The minimum atomic E-state index is -0.0175. The molecule has 0 radical (unpaired) electrons. The highest BCUT2D eigenvalue weighted by Crippen LogP contribution is 2.45. The number of benzene rings is 7. The van der Waals surface area contributed by atoms with Gasteiger partial charge in [-0.2, -0.15) is 0 Å². The first kappa shape index (κ1) is 45.1. The van der Waals surface area contributed by atoms with Crippen LogP contribution in [-0.2, 0) is 17.4 Å². The number of aromatic nitrogens is 2. The van der Waals surface area contributed by atoms with Crippen LogP contribution in [0.5, 0.6) is 40.2 Å². The standard InChI is InChI=1S/C59H56N4O5/c1-58(2,3)40-14-18-42(19-15-40)62-43-20-26-46(27-21-43)67-53-30-32-60-50-36-52(55(64-7)34-48(50)53)63(44-22-16-41(17-23-44)59(4,5)6)45-24-28-47(29-25-45)68-54-31-33-61-51-37-57(56(65-8)35-49(51)54)66-38-39-12-10-9-11-13-39/h9-37,62H,38H2,1-8H3. The van der Waals surface area contributed by atoms with Gasteiger partial charge in [0.25, 0.3) is 0 Å². The van der Waals surface area contributed by atoms with Gasteiger partial charge in [-0.3, -0.25) is 9.97 Å². The van der Waals surface area contributed by atoms with E-state index in [1.165, 1.54) is 11.1 Å². The lowest BCUT2D eigenvalue weighted by molar-refractivity contribution is 0.285. The molecule has 0 saturated carbocycles. The van der Waals surface area contributed by atoms with Gasteiger partial charge in [-0.25, -0.2) is 0 Å². The molecule has 9 aromatic rings. The Kier molecular flexibility index (Phi) is 12.6. The Hall–Kier alpha value is -8.04. The Balaban J connectivity index is 1.00. The number of methoxy groups -OCH3 is 2. The number of hydrogen-bond acceptors (Lipinski definition) is 9. The van der Waals surface area contributed by atoms with Gasteiger partial charge in [0.1, 0.15) is 35.4 Å². The van der Waals surface area contributed by atoms with Gasteiger partial charge in [0.05, 0.1) is 30.9 Å². The average Bonchev–Trinajstić information content (AvgIpc) is 3.34. The fourth-order valence-corrected chi connectivity index (χ4v) is 8.07. The third kappa shape index (κ3) is 10.0. The maximum absolute atomic E-state index is 6.56. The SMILES string of the molecule is COc1cc2c(Oc3ccc(N(c4ccc(C(C)(C)C)cc4)c4cc5nccc(Oc6ccc(Nc7ccc(C(C)(C)C)cc7)cc6)c5cc4OC)cc3)ccnc2cc1OCc1ccccc1. The van der Waals surface area contributed by atoms with E-state index in [-0.39, 0.29) is 10.8 Å². The molecule has 0 spiro atoms. The summed E-state index contributed by atoms with van der Waals surface area (Å²) in [4.78, 5) is 11.6. The number of fused-ring (bicyclic) bond motifs is 2. The van der Waals surface area contributed by atoms with Gasteiger partial charge in [0.2, 0.25) is 0 Å². The topological polar surface area (TPSA) is 87.2 Å². The molecule has 0 bridgehead atoms. The molecule has 1 N–H and O–H groups in total. The van der Waals surface area contributed by atoms with Crippen LogP contribution in [-0.4, -0.2) is 24.2 Å². The van der Waals surface area contributed by atoms with Crippen LogP contribution < -0.4 is 33.9 Å². The lowest BCUT2D eigenvalue weighted by atomic mass is 9.87. The van der Waals surface area contributed by atoms with E-state index >= 15 is 0 Å². The number of hydrogen-bond donors (Lipinski definition) is 1. The summed E-state index contributed by atoms with van der Waals surface area (Å²) >= 11 is 0. The fraction of sp³-hybridized carbons (Fsp3) is 0.186. The molecule has 2 heterocycles. The van der Waals surface area contributed by atoms with Crippen LogP contribution in [0.2, 0.25) is 0 Å². The lowest BCUT2D eigenvalue weighted by Crippen LogP contribution is -2.14. The van der Waals surface area contributed by atoms with Crippen molar-refractivity contribution in [1.29, 1.82) is 0 Å². The van der Waals surface area contributed by atoms with Crippen molar-refractivity contribution in [2.24, 2.45) is 0 Å². The van der Waals surface area contributed by atoms with Crippen LogP contribution in [0.1, 0.15) is 58.2 Å². The summed E-state index contributed by atoms with van der Waals surface area (Å²) in [5.74, 6) is 4.50. The van der Waals surface area contributed by atoms with E-state index in [4.69, 9.17) is 28.7 Å². The summed E-state index contributed by atoms with van der Waals surface area (Å²) in [7, 11) is 3.32. The third-order valence-corrected chi connectivity index (χ3v) is 11.9. The summed E-state index contributed by atoms with van der Waals surface area (Å²) in [6.45, 7) is 13.7. The van der Waals surface area contributed by atoms with E-state index in [0.29, 0.717) is 46.9 Å². The number of anilines is 5. The van der Waals surface area contributed by atoms with Crippen LogP contribution in [0, 0.1) is 0 Å². The maximum Gasteiger partial charge on any atom is 0.163 e. The summed E-state index contributed by atoms with van der Waals surface area (Å²) in [6, 6.07) is 54.8. The molecule has 0 aliphatic rings. The van der Waals surface area contributed by atoms with Crippen LogP contribution in [0.4, 0.5) is 28.4 Å². The molecule has 0 saturated heterocycles. The van der Waals surface area contributed by atoms with Crippen LogP contribution in [0.15, 0.2) is 176 Å². The third-order valence-electron chi connectivity index (χ3n) is 11.9. The fourth-order valence-electron chi connectivity index (χ4n) is 8.07. The van der Waals surface area contributed by atoms with E-state index in [0.717, 1.165) is 55.8 Å². The molecule has 0 unspecified atom stereocenters. The first-order chi connectivity index (χ1) is 32.8. The minimum Gasteiger partial charge on any atom is -0.495 e. The van der Waals surface area contributed by atoms with Crippen molar-refractivity contribution in [2.75, 3.05) is 24.4 Å². The predicted octanol–water partition coefficient (Wildman–Crippen LogP) is 15.8. The van der Waals surface area contributed by atoms with Gasteiger partial charge in [0, 0.05) is 52.0 Å². The van der Waals surface area contributed by atoms with Crippen molar-refractivity contribution in [2.45, 2.75) is 59.0 Å². The molecular weight excluding hydrogens is 845 g/mol. The Morgan fingerprint density at radius 1 is 0.471 bits per heavy atom. The van der Waals surface area contributed by atoms with E-state index in [1.807, 2.05) is 109 Å². The van der Waals surface area contributed by atoms with Crippen molar-refractivity contribution in [3.63, 3.8) is 0 Å². The van der Waals surface area contributed by atoms with Gasteiger partial charge in [0.15, 0.2) is 11.5 Å². The normalized spacial score (nSPS) is 11.6. The average molecular weight is 901 g/mol. The molecule has 9 nitrogen and oxygen atoms in total. The molecular formula is C59H56N4O5. The second-order valence-electron chi connectivity index (χ2n) is 18.8. The largest absolute Gasteiger partial charge is 0.495 e. The number of pyridine rings is 2. The first-order valence-corrected chi connectivity index (χ1v) is 22.8. The smallest absolute Gasteiger partial charge is 0.163 e. The monoisotopic (exact) mass is 900 g/mol. The second kappa shape index (κ2) is 19.1. The molecule has 0 aliphatic carbocycles. The molecule has 9 rings (SSSR count). The highest BCUT2D eigenvalue weighted by Gasteiger charge is 2.22. The molecule has 2 aromatic heterocycles. The van der Waals surface area contributed by atoms with Crippen molar-refractivity contribution in [3.05, 3.63) is 193 Å². The molecule has 68 heavy (non-hydrogen) atoms. The molecule has 342 valence electrons. The van der Waals surface area contributed by atoms with Crippen molar-refractivity contribution in [3.8, 4) is 40.2 Å². The van der Waals surface area contributed by atoms with Gasteiger partial charge in [-0.15, -0.1) is 0 Å². The van der Waals surface area contributed by atoms with Crippen LogP contribution >= 0.6 is 0 Å². The quantitative estimate of drug-likeness (QED) is 0.115. The lowest BCUT2D eigenvalue weighted by Gasteiger charge is -2.28. The molecule has 7 aromatic carbocycles. The maximum atomic E-state index is 6.56. The zero-order valence-electron chi connectivity index (χ0n) is 39.8. The van der Waals surface area contributed by atoms with Gasteiger partial charge < -0.3 is 33.9 Å². The summed E-state index contributed by atoms with van der Waals surface area (Å²) in [5.41, 5.74) is 9.79. The Morgan fingerprint density at radius 3 is 1.47 bits per heavy atom. The summed E-state index contributed by atoms with van der Waals surface area (Å²) < 4.78 is 31.2. The predicted molar refractivity (Wildman–Crippen MR) is 276 cm³/mol. The molecule has 0 atom stereocenters. The first-order valence-electron chi connectivity index (χ1n) is 22.8. The zero-order valence-corrected chi connectivity index (χ0v) is 39.8. The van der Waals surface area contributed by atoms with Crippen LogP contribution in [0.3, 0.4) is 0 Å². The Bertz CT molecular complexity index is 3160. The Morgan fingerprint density at radius 2 is 0.941 bits per heavy atom. The van der Waals surface area contributed by atoms with Gasteiger partial charge >= 0.3 is 0 Å². The Labute approximate surface area is 398 Å². The number of nitrogens with one attached hydrogen (secondary N) is 1. The molecule has 9 heteroatoms. The van der Waals surface area contributed by atoms with E-state index in [9.17, 15) is 0 Å². The summed E-state index contributed by atoms with van der Waals surface area (Å²) in [6.07, 6.45) is 3.51. The minimum absolute atomic E-state index is 0.0175. The van der Waals surface area contributed by atoms with Crippen molar-refractivity contribution < 1.29 is 23.7 Å². The zero-order chi connectivity index (χ0) is 47.4. The van der Waals surface area contributed by atoms with Crippen molar-refractivity contribution >= 4 is 50.2 Å². The van der Waals surface area contributed by atoms with E-state index in [2.05, 4.69) is 111 Å². The van der Waals surface area contributed by atoms with Gasteiger partial charge in [-0.1, -0.05) is 96.1 Å². The number of rotatable bonds is 14. The molecule has 0 aliphatic heterocycles. The van der Waals surface area contributed by atoms with Crippen LogP contribution in [0.25, 0.3) is 21.8 Å². The van der Waals surface area contributed by atoms with E-state index in [1.54, 1.807) is 26.6 Å². The molecule has 0 amide bonds. The van der Waals surface area contributed by atoms with E-state index < -0.39 is 0 Å². The highest BCUT2D eigenvalue weighted by molar-refractivity contribution is 5.94.